The molecule has 2 nitrogen and oxygen atoms in total. The number of carbonyl (C=O) groups is 1. The lowest BCUT2D eigenvalue weighted by Crippen LogP contribution is -2.45. The third-order valence-electron chi connectivity index (χ3n) is 3.44. The van der Waals surface area contributed by atoms with Gasteiger partial charge in [0, 0.05) is 20.8 Å². The van der Waals surface area contributed by atoms with Crippen molar-refractivity contribution in [2.24, 2.45) is 0 Å². The van der Waals surface area contributed by atoms with Gasteiger partial charge in [-0.25, -0.2) is 0 Å². The maximum absolute atomic E-state index is 12.1. The summed E-state index contributed by atoms with van der Waals surface area (Å²) >= 11 is 11.1. The first-order valence-corrected chi connectivity index (χ1v) is 8.24. The zero-order valence-electron chi connectivity index (χ0n) is 10.1. The van der Waals surface area contributed by atoms with Gasteiger partial charge in [-0.15, -0.1) is 0 Å². The van der Waals surface area contributed by atoms with Crippen LogP contribution in [-0.4, -0.2) is 23.5 Å². The zero-order chi connectivity index (χ0) is 13.2. The smallest absolute Gasteiger partial charge is 0.252 e. The number of amides is 1. The van der Waals surface area contributed by atoms with Gasteiger partial charge in [0.1, 0.15) is 0 Å². The molecule has 1 aliphatic rings. The Bertz CT molecular complexity index is 457. The summed E-state index contributed by atoms with van der Waals surface area (Å²) < 4.78 is 1.02. The summed E-state index contributed by atoms with van der Waals surface area (Å²) in [6.45, 7) is 0.728. The van der Waals surface area contributed by atoms with E-state index in [-0.39, 0.29) is 10.7 Å². The summed E-state index contributed by atoms with van der Waals surface area (Å²) in [5.74, 6) is -0.0651. The van der Waals surface area contributed by atoms with E-state index in [0.29, 0.717) is 10.6 Å². The maximum atomic E-state index is 12.1. The van der Waals surface area contributed by atoms with Crippen LogP contribution in [0, 0.1) is 0 Å². The lowest BCUT2D eigenvalue weighted by molar-refractivity contribution is 0.0943. The Morgan fingerprint density at radius 3 is 2.83 bits per heavy atom. The largest absolute Gasteiger partial charge is 0.351 e. The molecule has 0 aromatic heterocycles. The van der Waals surface area contributed by atoms with Crippen LogP contribution in [0.15, 0.2) is 22.7 Å². The van der Waals surface area contributed by atoms with Crippen molar-refractivity contribution in [1.29, 1.82) is 0 Å². The molecule has 1 amide bonds. The van der Waals surface area contributed by atoms with Crippen molar-refractivity contribution in [2.75, 3.05) is 12.8 Å². The van der Waals surface area contributed by atoms with E-state index in [4.69, 9.17) is 11.6 Å². The average Bonchev–Trinajstić information content (AvgIpc) is 2.31. The third kappa shape index (κ3) is 3.03. The number of nitrogens with one attached hydrogen (secondary N) is 1. The molecule has 0 spiro atoms. The summed E-state index contributed by atoms with van der Waals surface area (Å²) in [5, 5.41) is 3.59. The molecule has 98 valence electrons. The van der Waals surface area contributed by atoms with Crippen molar-refractivity contribution in [1.82, 2.24) is 5.32 Å². The molecule has 0 atom stereocenters. The predicted molar refractivity (Wildman–Crippen MR) is 81.6 cm³/mol. The molecule has 0 radical (unpaired) electrons. The van der Waals surface area contributed by atoms with Gasteiger partial charge in [0.05, 0.1) is 5.56 Å². The van der Waals surface area contributed by atoms with Gasteiger partial charge in [-0.3, -0.25) is 4.79 Å². The molecule has 18 heavy (non-hydrogen) atoms. The molecule has 0 heterocycles. The quantitative estimate of drug-likeness (QED) is 0.887. The molecule has 1 aliphatic carbocycles. The molecule has 0 bridgehead atoms. The minimum absolute atomic E-state index is 0.0651. The van der Waals surface area contributed by atoms with E-state index in [2.05, 4.69) is 27.5 Å². The molecule has 1 saturated carbocycles. The van der Waals surface area contributed by atoms with Gasteiger partial charge in [0.15, 0.2) is 0 Å². The zero-order valence-corrected chi connectivity index (χ0v) is 13.3. The van der Waals surface area contributed by atoms with Crippen LogP contribution in [0.2, 0.25) is 5.02 Å². The fourth-order valence-electron chi connectivity index (χ4n) is 2.03. The highest BCUT2D eigenvalue weighted by molar-refractivity contribution is 9.10. The molecule has 2 rings (SSSR count). The summed E-state index contributed by atoms with van der Waals surface area (Å²) in [6.07, 6.45) is 5.74. The van der Waals surface area contributed by atoms with Crippen molar-refractivity contribution in [3.63, 3.8) is 0 Å². The van der Waals surface area contributed by atoms with E-state index in [9.17, 15) is 4.79 Å². The molecular weight excluding hydrogens is 334 g/mol. The SMILES string of the molecule is CSC1(CNC(=O)c2cc(Cl)ccc2Br)CCC1. The topological polar surface area (TPSA) is 29.1 Å². The first-order valence-electron chi connectivity index (χ1n) is 5.85. The number of halogens is 2. The standard InChI is InChI=1S/C13H15BrClNOS/c1-18-13(5-2-6-13)8-16-12(17)10-7-9(15)3-4-11(10)14/h3-4,7H,2,5-6,8H2,1H3,(H,16,17). The van der Waals surface area contributed by atoms with Crippen LogP contribution < -0.4 is 5.32 Å². The Hall–Kier alpha value is -0.190. The Morgan fingerprint density at radius 1 is 1.56 bits per heavy atom. The molecule has 0 aliphatic heterocycles. The molecule has 1 aromatic carbocycles. The van der Waals surface area contributed by atoms with Gasteiger partial charge in [0.2, 0.25) is 0 Å². The lowest BCUT2D eigenvalue weighted by Gasteiger charge is -2.40. The van der Waals surface area contributed by atoms with Crippen molar-refractivity contribution in [2.45, 2.75) is 24.0 Å². The highest BCUT2D eigenvalue weighted by Gasteiger charge is 2.36. The molecule has 5 heteroatoms. The number of carbonyl (C=O) groups excluding carboxylic acids is 1. The highest BCUT2D eigenvalue weighted by Crippen LogP contribution is 2.42. The van der Waals surface area contributed by atoms with E-state index < -0.39 is 0 Å². The summed E-state index contributed by atoms with van der Waals surface area (Å²) in [6, 6.07) is 5.25. The molecule has 0 unspecified atom stereocenters. The Morgan fingerprint density at radius 2 is 2.28 bits per heavy atom. The Balaban J connectivity index is 2.01. The van der Waals surface area contributed by atoms with E-state index >= 15 is 0 Å². The molecule has 1 fully saturated rings. The van der Waals surface area contributed by atoms with Crippen molar-refractivity contribution in [3.8, 4) is 0 Å². The number of benzene rings is 1. The minimum Gasteiger partial charge on any atom is -0.351 e. The van der Waals surface area contributed by atoms with Gasteiger partial charge in [-0.05, 0) is 53.2 Å². The summed E-state index contributed by atoms with van der Waals surface area (Å²) in [4.78, 5) is 12.1. The third-order valence-corrected chi connectivity index (χ3v) is 5.79. The van der Waals surface area contributed by atoms with E-state index in [0.717, 1.165) is 11.0 Å². The molecular formula is C13H15BrClNOS. The normalized spacial score (nSPS) is 17.1. The number of rotatable bonds is 4. The molecule has 1 N–H and O–H groups in total. The van der Waals surface area contributed by atoms with E-state index in [1.165, 1.54) is 19.3 Å². The highest BCUT2D eigenvalue weighted by atomic mass is 79.9. The minimum atomic E-state index is -0.0651. The van der Waals surface area contributed by atoms with Crippen LogP contribution in [0.3, 0.4) is 0 Å². The van der Waals surface area contributed by atoms with Crippen LogP contribution in [0.1, 0.15) is 29.6 Å². The molecule has 1 aromatic rings. The number of hydrogen-bond donors (Lipinski definition) is 1. The first-order chi connectivity index (χ1) is 8.56. The lowest BCUT2D eigenvalue weighted by atomic mass is 9.84. The number of thioether (sulfide) groups is 1. The van der Waals surface area contributed by atoms with Crippen molar-refractivity contribution < 1.29 is 4.79 Å². The fourth-order valence-corrected chi connectivity index (χ4v) is 3.54. The van der Waals surface area contributed by atoms with Crippen LogP contribution >= 0.6 is 39.3 Å². The number of hydrogen-bond acceptors (Lipinski definition) is 2. The van der Waals surface area contributed by atoms with Gasteiger partial charge >= 0.3 is 0 Å². The van der Waals surface area contributed by atoms with Crippen LogP contribution in [0.4, 0.5) is 0 Å². The maximum Gasteiger partial charge on any atom is 0.252 e. The Kier molecular flexibility index (Phi) is 4.62. The van der Waals surface area contributed by atoms with Gasteiger partial charge < -0.3 is 5.32 Å². The van der Waals surface area contributed by atoms with Crippen LogP contribution in [0.25, 0.3) is 0 Å². The second kappa shape index (κ2) is 5.85. The summed E-state index contributed by atoms with van der Waals surface area (Å²) in [5.41, 5.74) is 0.595. The van der Waals surface area contributed by atoms with Crippen molar-refractivity contribution in [3.05, 3.63) is 33.3 Å². The summed E-state index contributed by atoms with van der Waals surface area (Å²) in [7, 11) is 0. The van der Waals surface area contributed by atoms with E-state index in [1.54, 1.807) is 18.2 Å². The average molecular weight is 349 g/mol. The van der Waals surface area contributed by atoms with Gasteiger partial charge in [0.25, 0.3) is 5.91 Å². The van der Waals surface area contributed by atoms with E-state index in [1.807, 2.05) is 11.8 Å². The van der Waals surface area contributed by atoms with Crippen LogP contribution in [-0.2, 0) is 0 Å². The molecule has 0 saturated heterocycles. The fraction of sp³-hybridized carbons (Fsp3) is 0.462. The second-order valence-corrected chi connectivity index (χ2v) is 7.11. The second-order valence-electron chi connectivity index (χ2n) is 4.55. The van der Waals surface area contributed by atoms with Crippen molar-refractivity contribution >= 4 is 45.2 Å². The predicted octanol–water partition coefficient (Wildman–Crippen LogP) is 4.12. The first kappa shape index (κ1) is 14.2. The Labute approximate surface area is 125 Å². The van der Waals surface area contributed by atoms with Gasteiger partial charge in [-0.2, -0.15) is 11.8 Å². The van der Waals surface area contributed by atoms with Gasteiger partial charge in [-0.1, -0.05) is 18.0 Å². The monoisotopic (exact) mass is 347 g/mol. The van der Waals surface area contributed by atoms with Crippen LogP contribution in [0.5, 0.6) is 0 Å².